The van der Waals surface area contributed by atoms with E-state index in [1.54, 1.807) is 16.8 Å². The fourth-order valence-electron chi connectivity index (χ4n) is 3.64. The van der Waals surface area contributed by atoms with Gasteiger partial charge in [-0.25, -0.2) is 9.07 Å². The predicted octanol–water partition coefficient (Wildman–Crippen LogP) is 4.61. The molecule has 0 saturated heterocycles. The van der Waals surface area contributed by atoms with Crippen LogP contribution in [-0.2, 0) is 22.4 Å². The lowest BCUT2D eigenvalue weighted by atomic mass is 9.85. The highest BCUT2D eigenvalue weighted by Gasteiger charge is 2.31. The molecule has 4 nitrogen and oxygen atoms in total. The average molecular weight is 385 g/mol. The van der Waals surface area contributed by atoms with Crippen molar-refractivity contribution in [3.8, 4) is 16.9 Å². The summed E-state index contributed by atoms with van der Waals surface area (Å²) in [6.07, 6.45) is 1.93. The van der Waals surface area contributed by atoms with Crippen molar-refractivity contribution in [1.29, 1.82) is 0 Å². The largest absolute Gasteiger partial charge is 0.469 e. The molecule has 1 aliphatic rings. The number of carbonyl (C=O) groups is 1. The van der Waals surface area contributed by atoms with Gasteiger partial charge in [-0.1, -0.05) is 29.8 Å². The van der Waals surface area contributed by atoms with E-state index in [1.807, 2.05) is 24.3 Å². The normalized spacial score (nSPS) is 16.0. The summed E-state index contributed by atoms with van der Waals surface area (Å²) < 4.78 is 20.1. The van der Waals surface area contributed by atoms with Gasteiger partial charge < -0.3 is 4.74 Å². The molecule has 6 heteroatoms. The second kappa shape index (κ2) is 7.16. The van der Waals surface area contributed by atoms with Gasteiger partial charge in [-0.05, 0) is 43.2 Å². The van der Waals surface area contributed by atoms with E-state index in [1.165, 1.54) is 19.2 Å². The minimum Gasteiger partial charge on any atom is -0.469 e. The zero-order chi connectivity index (χ0) is 19.0. The van der Waals surface area contributed by atoms with Crippen molar-refractivity contribution in [3.63, 3.8) is 0 Å². The van der Waals surface area contributed by atoms with Gasteiger partial charge >= 0.3 is 5.97 Å². The first kappa shape index (κ1) is 17.7. The van der Waals surface area contributed by atoms with Crippen molar-refractivity contribution in [2.45, 2.75) is 19.3 Å². The number of carbonyl (C=O) groups excluding carboxylic acids is 1. The first-order valence-corrected chi connectivity index (χ1v) is 9.15. The molecule has 1 atom stereocenters. The molecule has 2 aromatic carbocycles. The maximum absolute atomic E-state index is 13.4. The van der Waals surface area contributed by atoms with Crippen LogP contribution in [0.4, 0.5) is 4.39 Å². The molecule has 1 unspecified atom stereocenters. The van der Waals surface area contributed by atoms with E-state index in [4.69, 9.17) is 21.4 Å². The molecule has 0 saturated carbocycles. The van der Waals surface area contributed by atoms with Gasteiger partial charge in [-0.15, -0.1) is 0 Å². The molecule has 0 spiro atoms. The summed E-state index contributed by atoms with van der Waals surface area (Å²) in [6, 6.07) is 13.7. The van der Waals surface area contributed by atoms with Crippen molar-refractivity contribution in [3.05, 3.63) is 70.6 Å². The average Bonchev–Trinajstić information content (AvgIpc) is 3.07. The molecule has 1 heterocycles. The van der Waals surface area contributed by atoms with Crippen LogP contribution in [0.3, 0.4) is 0 Å². The summed E-state index contributed by atoms with van der Waals surface area (Å²) in [5.74, 6) is -0.733. The van der Waals surface area contributed by atoms with Gasteiger partial charge in [0.05, 0.1) is 29.4 Å². The Bertz CT molecular complexity index is 998. The number of rotatable bonds is 3. The summed E-state index contributed by atoms with van der Waals surface area (Å²) in [5, 5.41) is 5.42. The quantitative estimate of drug-likeness (QED) is 0.619. The van der Waals surface area contributed by atoms with Crippen molar-refractivity contribution < 1.29 is 13.9 Å². The Morgan fingerprint density at radius 3 is 2.67 bits per heavy atom. The smallest absolute Gasteiger partial charge is 0.309 e. The molecule has 0 amide bonds. The Kier molecular flexibility index (Phi) is 4.70. The summed E-state index contributed by atoms with van der Waals surface area (Å²) in [4.78, 5) is 12.1. The van der Waals surface area contributed by atoms with E-state index in [-0.39, 0.29) is 17.7 Å². The molecule has 0 aliphatic heterocycles. The monoisotopic (exact) mass is 384 g/mol. The lowest BCUT2D eigenvalue weighted by Crippen LogP contribution is -2.25. The van der Waals surface area contributed by atoms with Gasteiger partial charge in [-0.2, -0.15) is 5.10 Å². The zero-order valence-corrected chi connectivity index (χ0v) is 15.5. The van der Waals surface area contributed by atoms with E-state index < -0.39 is 0 Å². The molecule has 3 aromatic rings. The first-order valence-electron chi connectivity index (χ1n) is 8.78. The number of halogens is 2. The highest BCUT2D eigenvalue weighted by Crippen LogP contribution is 2.37. The molecule has 138 valence electrons. The number of benzene rings is 2. The van der Waals surface area contributed by atoms with Gasteiger partial charge in [0, 0.05) is 23.2 Å². The van der Waals surface area contributed by atoms with Gasteiger partial charge in [-0.3, -0.25) is 4.79 Å². The predicted molar refractivity (Wildman–Crippen MR) is 101 cm³/mol. The molecule has 0 radical (unpaired) electrons. The Morgan fingerprint density at radius 2 is 1.96 bits per heavy atom. The van der Waals surface area contributed by atoms with Gasteiger partial charge in [0.25, 0.3) is 0 Å². The molecule has 0 bridgehead atoms. The minimum atomic E-state index is -0.307. The second-order valence-electron chi connectivity index (χ2n) is 6.60. The summed E-state index contributed by atoms with van der Waals surface area (Å²) >= 11 is 6.41. The molecular weight excluding hydrogens is 367 g/mol. The Labute approximate surface area is 161 Å². The lowest BCUT2D eigenvalue weighted by Gasteiger charge is -2.21. The van der Waals surface area contributed by atoms with Gasteiger partial charge in [0.2, 0.25) is 0 Å². The molecule has 1 aromatic heterocycles. The summed E-state index contributed by atoms with van der Waals surface area (Å²) in [6.45, 7) is 0. The zero-order valence-electron chi connectivity index (χ0n) is 14.8. The van der Waals surface area contributed by atoms with Crippen molar-refractivity contribution >= 4 is 17.6 Å². The summed E-state index contributed by atoms with van der Waals surface area (Å²) in [5.41, 5.74) is 4.43. The first-order chi connectivity index (χ1) is 13.1. The Morgan fingerprint density at radius 1 is 1.22 bits per heavy atom. The number of hydrogen-bond acceptors (Lipinski definition) is 3. The van der Waals surface area contributed by atoms with Crippen LogP contribution in [0.1, 0.15) is 17.7 Å². The maximum Gasteiger partial charge on any atom is 0.309 e. The SMILES string of the molecule is COC(=O)C1CCc2c(-c3ccccc3Cl)nn(-c3ccc(F)cc3)c2C1. The molecule has 4 rings (SSSR count). The number of esters is 1. The molecule has 1 aliphatic carbocycles. The highest BCUT2D eigenvalue weighted by atomic mass is 35.5. The van der Waals surface area contributed by atoms with Crippen molar-refractivity contribution in [2.24, 2.45) is 5.92 Å². The Balaban J connectivity index is 1.87. The van der Waals surface area contributed by atoms with E-state index in [2.05, 4.69) is 0 Å². The standard InChI is InChI=1S/C21H18ClFN2O2/c1-27-21(26)13-6-11-17-19(12-13)25(15-9-7-14(23)8-10-15)24-20(17)16-4-2-3-5-18(16)22/h2-5,7-10,13H,6,11-12H2,1H3. The third-order valence-electron chi connectivity index (χ3n) is 5.01. The third kappa shape index (κ3) is 3.23. The van der Waals surface area contributed by atoms with Crippen LogP contribution in [0.5, 0.6) is 0 Å². The number of nitrogens with zero attached hydrogens (tertiary/aromatic N) is 2. The summed E-state index contributed by atoms with van der Waals surface area (Å²) in [7, 11) is 1.41. The van der Waals surface area contributed by atoms with Crippen molar-refractivity contribution in [2.75, 3.05) is 7.11 Å². The van der Waals surface area contributed by atoms with Crippen LogP contribution in [0.15, 0.2) is 48.5 Å². The topological polar surface area (TPSA) is 44.1 Å². The van der Waals surface area contributed by atoms with E-state index >= 15 is 0 Å². The number of fused-ring (bicyclic) bond motifs is 1. The van der Waals surface area contributed by atoms with Gasteiger partial charge in [0.15, 0.2) is 0 Å². The van der Waals surface area contributed by atoms with Crippen LogP contribution < -0.4 is 0 Å². The van der Waals surface area contributed by atoms with Crippen LogP contribution in [0.25, 0.3) is 16.9 Å². The van der Waals surface area contributed by atoms with Crippen LogP contribution in [0, 0.1) is 11.7 Å². The number of aromatic nitrogens is 2. The number of hydrogen-bond donors (Lipinski definition) is 0. The molecular formula is C21H18ClFN2O2. The highest BCUT2D eigenvalue weighted by molar-refractivity contribution is 6.33. The van der Waals surface area contributed by atoms with E-state index in [0.29, 0.717) is 24.3 Å². The van der Waals surface area contributed by atoms with Crippen LogP contribution >= 0.6 is 11.6 Å². The van der Waals surface area contributed by atoms with Crippen LogP contribution in [0.2, 0.25) is 5.02 Å². The lowest BCUT2D eigenvalue weighted by molar-refractivity contribution is -0.145. The third-order valence-corrected chi connectivity index (χ3v) is 5.34. The molecule has 27 heavy (non-hydrogen) atoms. The minimum absolute atomic E-state index is 0.211. The Hall–Kier alpha value is -2.66. The number of methoxy groups -OCH3 is 1. The fourth-order valence-corrected chi connectivity index (χ4v) is 3.87. The van der Waals surface area contributed by atoms with E-state index in [0.717, 1.165) is 28.2 Å². The maximum atomic E-state index is 13.4. The van der Waals surface area contributed by atoms with Gasteiger partial charge in [0.1, 0.15) is 5.82 Å². The second-order valence-corrected chi connectivity index (χ2v) is 7.01. The van der Waals surface area contributed by atoms with Crippen molar-refractivity contribution in [1.82, 2.24) is 9.78 Å². The molecule has 0 fully saturated rings. The van der Waals surface area contributed by atoms with E-state index in [9.17, 15) is 9.18 Å². The number of ether oxygens (including phenoxy) is 1. The fraction of sp³-hybridized carbons (Fsp3) is 0.238. The molecule has 0 N–H and O–H groups in total. The van der Waals surface area contributed by atoms with Crippen LogP contribution in [-0.4, -0.2) is 22.9 Å².